The second kappa shape index (κ2) is 6.55. The lowest BCUT2D eigenvalue weighted by Gasteiger charge is -2.14. The van der Waals surface area contributed by atoms with E-state index in [4.69, 9.17) is 10.5 Å². The number of nitrogens with two attached hydrogens (primary N) is 1. The van der Waals surface area contributed by atoms with E-state index in [2.05, 4.69) is 31.9 Å². The van der Waals surface area contributed by atoms with Crippen molar-refractivity contribution < 1.29 is 4.74 Å². The number of halogens is 2. The third-order valence-corrected chi connectivity index (χ3v) is 3.73. The summed E-state index contributed by atoms with van der Waals surface area (Å²) in [5.41, 5.74) is 8.09. The van der Waals surface area contributed by atoms with Gasteiger partial charge in [0.2, 0.25) is 0 Å². The summed E-state index contributed by atoms with van der Waals surface area (Å²) in [5, 5.41) is 0. The van der Waals surface area contributed by atoms with E-state index in [0.717, 1.165) is 25.8 Å². The Morgan fingerprint density at radius 3 is 2.53 bits per heavy atom. The topological polar surface area (TPSA) is 35.2 Å². The van der Waals surface area contributed by atoms with Crippen molar-refractivity contribution >= 4 is 31.9 Å². The first-order valence-corrected chi connectivity index (χ1v) is 7.57. The first-order chi connectivity index (χ1) is 9.06. The largest absolute Gasteiger partial charge is 0.489 e. The molecule has 1 unspecified atom stereocenters. The van der Waals surface area contributed by atoms with Crippen molar-refractivity contribution in [2.45, 2.75) is 19.6 Å². The van der Waals surface area contributed by atoms with Gasteiger partial charge in [-0.15, -0.1) is 0 Å². The van der Waals surface area contributed by atoms with Crippen molar-refractivity contribution in [3.05, 3.63) is 62.5 Å². The second-order valence-corrected chi connectivity index (χ2v) is 6.22. The van der Waals surface area contributed by atoms with Crippen molar-refractivity contribution in [1.82, 2.24) is 0 Å². The Balaban J connectivity index is 2.15. The molecule has 0 bridgehead atoms. The summed E-state index contributed by atoms with van der Waals surface area (Å²) in [7, 11) is 0. The van der Waals surface area contributed by atoms with Gasteiger partial charge in [0.1, 0.15) is 12.4 Å². The number of hydrogen-bond acceptors (Lipinski definition) is 2. The summed E-state index contributed by atoms with van der Waals surface area (Å²) in [6.45, 7) is 2.48. The lowest BCUT2D eigenvalue weighted by Crippen LogP contribution is -2.08. The Morgan fingerprint density at radius 1 is 1.11 bits per heavy atom. The molecule has 0 saturated heterocycles. The van der Waals surface area contributed by atoms with Gasteiger partial charge < -0.3 is 10.5 Å². The van der Waals surface area contributed by atoms with Gasteiger partial charge in [-0.25, -0.2) is 0 Å². The summed E-state index contributed by atoms with van der Waals surface area (Å²) < 4.78 is 7.93. The fourth-order valence-electron chi connectivity index (χ4n) is 1.79. The molecule has 0 heterocycles. The average Bonchev–Trinajstić information content (AvgIpc) is 2.37. The molecule has 0 spiro atoms. The SMILES string of the molecule is CC(N)c1cc(Br)ccc1OCc1cccc(Br)c1. The Bertz CT molecular complexity index is 570. The summed E-state index contributed by atoms with van der Waals surface area (Å²) in [5.74, 6) is 0.832. The van der Waals surface area contributed by atoms with Gasteiger partial charge in [-0.2, -0.15) is 0 Å². The van der Waals surface area contributed by atoms with Crippen LogP contribution in [0.5, 0.6) is 5.75 Å². The van der Waals surface area contributed by atoms with E-state index in [1.165, 1.54) is 0 Å². The zero-order chi connectivity index (χ0) is 13.8. The molecule has 100 valence electrons. The first-order valence-electron chi connectivity index (χ1n) is 5.98. The van der Waals surface area contributed by atoms with E-state index in [0.29, 0.717) is 6.61 Å². The predicted molar refractivity (Wildman–Crippen MR) is 85.2 cm³/mol. The van der Waals surface area contributed by atoms with Crippen LogP contribution in [0.3, 0.4) is 0 Å². The van der Waals surface area contributed by atoms with Crippen LogP contribution in [0.1, 0.15) is 24.1 Å². The van der Waals surface area contributed by atoms with Crippen molar-refractivity contribution in [3.63, 3.8) is 0 Å². The Kier molecular flexibility index (Phi) is 5.02. The molecule has 0 aliphatic heterocycles. The van der Waals surface area contributed by atoms with Crippen LogP contribution in [0.15, 0.2) is 51.4 Å². The van der Waals surface area contributed by atoms with Gasteiger partial charge in [0.25, 0.3) is 0 Å². The van der Waals surface area contributed by atoms with Gasteiger partial charge >= 0.3 is 0 Å². The molecule has 0 aromatic heterocycles. The maximum atomic E-state index is 5.97. The molecule has 2 rings (SSSR count). The highest BCUT2D eigenvalue weighted by Gasteiger charge is 2.09. The third-order valence-electron chi connectivity index (χ3n) is 2.75. The molecule has 0 fully saturated rings. The molecule has 0 aliphatic rings. The van der Waals surface area contributed by atoms with E-state index in [9.17, 15) is 0 Å². The predicted octanol–water partition coefficient (Wildman–Crippen LogP) is 4.81. The normalized spacial score (nSPS) is 12.2. The molecule has 0 amide bonds. The van der Waals surface area contributed by atoms with Gasteiger partial charge in [0.05, 0.1) is 0 Å². The van der Waals surface area contributed by atoms with Crippen LogP contribution in [0.25, 0.3) is 0 Å². The molecule has 2 N–H and O–H groups in total. The summed E-state index contributed by atoms with van der Waals surface area (Å²) in [4.78, 5) is 0. The summed E-state index contributed by atoms with van der Waals surface area (Å²) in [6, 6.07) is 13.9. The van der Waals surface area contributed by atoms with Crippen LogP contribution < -0.4 is 10.5 Å². The van der Waals surface area contributed by atoms with Gasteiger partial charge in [-0.1, -0.05) is 44.0 Å². The van der Waals surface area contributed by atoms with Crippen LogP contribution in [0.4, 0.5) is 0 Å². The van der Waals surface area contributed by atoms with E-state index >= 15 is 0 Å². The zero-order valence-corrected chi connectivity index (χ0v) is 13.7. The minimum atomic E-state index is -0.0602. The smallest absolute Gasteiger partial charge is 0.124 e. The molecule has 0 aliphatic carbocycles. The van der Waals surface area contributed by atoms with Crippen molar-refractivity contribution in [2.75, 3.05) is 0 Å². The molecular weight excluding hydrogens is 370 g/mol. The van der Waals surface area contributed by atoms with E-state index in [1.807, 2.05) is 49.4 Å². The fourth-order valence-corrected chi connectivity index (χ4v) is 2.62. The third kappa shape index (κ3) is 4.06. The van der Waals surface area contributed by atoms with Crippen LogP contribution in [-0.2, 0) is 6.61 Å². The standard InChI is InChI=1S/C15H15Br2NO/c1-10(18)14-8-13(17)5-6-15(14)19-9-11-3-2-4-12(16)7-11/h2-8,10H,9,18H2,1H3. The fraction of sp³-hybridized carbons (Fsp3) is 0.200. The molecule has 4 heteroatoms. The van der Waals surface area contributed by atoms with Crippen molar-refractivity contribution in [3.8, 4) is 5.75 Å². The molecule has 2 aromatic rings. The van der Waals surface area contributed by atoms with Gasteiger partial charge in [0, 0.05) is 20.6 Å². The Hall–Kier alpha value is -0.840. The quantitative estimate of drug-likeness (QED) is 0.820. The van der Waals surface area contributed by atoms with Gasteiger partial charge in [-0.05, 0) is 42.8 Å². The lowest BCUT2D eigenvalue weighted by molar-refractivity contribution is 0.301. The second-order valence-electron chi connectivity index (χ2n) is 4.39. The summed E-state index contributed by atoms with van der Waals surface area (Å²) in [6.07, 6.45) is 0. The molecule has 0 saturated carbocycles. The number of benzene rings is 2. The Labute approximate surface area is 130 Å². The first kappa shape index (κ1) is 14.6. The number of ether oxygens (including phenoxy) is 1. The minimum absolute atomic E-state index is 0.0602. The van der Waals surface area contributed by atoms with Crippen molar-refractivity contribution in [2.24, 2.45) is 5.73 Å². The van der Waals surface area contributed by atoms with E-state index < -0.39 is 0 Å². The summed E-state index contributed by atoms with van der Waals surface area (Å²) >= 11 is 6.91. The molecule has 1 atom stereocenters. The molecule has 19 heavy (non-hydrogen) atoms. The van der Waals surface area contributed by atoms with E-state index in [1.54, 1.807) is 0 Å². The maximum absolute atomic E-state index is 5.97. The van der Waals surface area contributed by atoms with Crippen LogP contribution >= 0.6 is 31.9 Å². The highest BCUT2D eigenvalue weighted by Crippen LogP contribution is 2.28. The zero-order valence-electron chi connectivity index (χ0n) is 10.6. The molecule has 0 radical (unpaired) electrons. The van der Waals surface area contributed by atoms with E-state index in [-0.39, 0.29) is 6.04 Å². The van der Waals surface area contributed by atoms with Gasteiger partial charge in [0.15, 0.2) is 0 Å². The monoisotopic (exact) mass is 383 g/mol. The maximum Gasteiger partial charge on any atom is 0.124 e. The number of hydrogen-bond donors (Lipinski definition) is 1. The molecule has 2 aromatic carbocycles. The molecule has 2 nitrogen and oxygen atoms in total. The Morgan fingerprint density at radius 2 is 1.84 bits per heavy atom. The van der Waals surface area contributed by atoms with Crippen molar-refractivity contribution in [1.29, 1.82) is 0 Å². The average molecular weight is 385 g/mol. The van der Waals surface area contributed by atoms with Crippen LogP contribution in [0.2, 0.25) is 0 Å². The molecular formula is C15H15Br2NO. The van der Waals surface area contributed by atoms with Crippen LogP contribution in [0, 0.1) is 0 Å². The lowest BCUT2D eigenvalue weighted by atomic mass is 10.1. The van der Waals surface area contributed by atoms with Crippen LogP contribution in [-0.4, -0.2) is 0 Å². The van der Waals surface area contributed by atoms with Gasteiger partial charge in [-0.3, -0.25) is 0 Å². The minimum Gasteiger partial charge on any atom is -0.489 e. The highest BCUT2D eigenvalue weighted by molar-refractivity contribution is 9.10. The highest BCUT2D eigenvalue weighted by atomic mass is 79.9. The number of rotatable bonds is 4.